The summed E-state index contributed by atoms with van der Waals surface area (Å²) < 4.78 is 5.42. The molecule has 0 fully saturated rings. The first-order chi connectivity index (χ1) is 9.16. The molecule has 0 amide bonds. The minimum Gasteiger partial charge on any atom is -0.448 e. The lowest BCUT2D eigenvalue weighted by molar-refractivity contribution is 0.492. The highest BCUT2D eigenvalue weighted by Gasteiger charge is 2.16. The first kappa shape index (κ1) is 12.3. The third-order valence-electron chi connectivity index (χ3n) is 3.41. The van der Waals surface area contributed by atoms with Gasteiger partial charge in [0, 0.05) is 0 Å². The van der Waals surface area contributed by atoms with E-state index in [1.54, 1.807) is 6.07 Å². The number of hydrogen-bond donors (Lipinski definition) is 1. The topological polar surface area (TPSA) is 39.2 Å². The molecule has 0 aliphatic rings. The smallest absolute Gasteiger partial charge is 0.193 e. The molecule has 3 aromatic rings. The van der Waals surface area contributed by atoms with E-state index in [2.05, 4.69) is 31.2 Å². The largest absolute Gasteiger partial charge is 0.448 e. The molecule has 2 N–H and O–H groups in total. The van der Waals surface area contributed by atoms with Gasteiger partial charge in [-0.15, -0.1) is 0 Å². The standard InChI is InChI=1S/C16H14ClNO/c1-10-6-7-13(12-5-3-2-4-11(10)12)16(18)14-8-9-15(17)19-14/h2-9,16H,18H2,1H3. The Kier molecular flexibility index (Phi) is 3.05. The van der Waals surface area contributed by atoms with Crippen molar-refractivity contribution >= 4 is 22.4 Å². The first-order valence-corrected chi connectivity index (χ1v) is 6.53. The summed E-state index contributed by atoms with van der Waals surface area (Å²) in [5, 5.41) is 2.73. The summed E-state index contributed by atoms with van der Waals surface area (Å²) in [6.07, 6.45) is 0. The third kappa shape index (κ3) is 2.14. The molecule has 0 aliphatic heterocycles. The van der Waals surface area contributed by atoms with E-state index in [1.165, 1.54) is 10.9 Å². The van der Waals surface area contributed by atoms with E-state index in [0.717, 1.165) is 10.9 Å². The molecule has 1 atom stereocenters. The van der Waals surface area contributed by atoms with Crippen LogP contribution in [0.15, 0.2) is 52.9 Å². The number of aryl methyl sites for hydroxylation is 1. The lowest BCUT2D eigenvalue weighted by Gasteiger charge is -2.14. The molecule has 19 heavy (non-hydrogen) atoms. The molecule has 1 heterocycles. The fourth-order valence-electron chi connectivity index (χ4n) is 2.39. The SMILES string of the molecule is Cc1ccc(C(N)c2ccc(Cl)o2)c2ccccc12. The normalized spacial score (nSPS) is 12.8. The number of halogens is 1. The molecule has 0 radical (unpaired) electrons. The summed E-state index contributed by atoms with van der Waals surface area (Å²) in [6.45, 7) is 2.10. The van der Waals surface area contributed by atoms with Crippen LogP contribution in [0.4, 0.5) is 0 Å². The second kappa shape index (κ2) is 4.72. The van der Waals surface area contributed by atoms with Gasteiger partial charge in [-0.2, -0.15) is 0 Å². The van der Waals surface area contributed by atoms with Gasteiger partial charge in [-0.25, -0.2) is 0 Å². The first-order valence-electron chi connectivity index (χ1n) is 6.16. The van der Waals surface area contributed by atoms with Crippen molar-refractivity contribution < 1.29 is 4.42 Å². The summed E-state index contributed by atoms with van der Waals surface area (Å²) in [5.74, 6) is 0.680. The molecule has 0 bridgehead atoms. The monoisotopic (exact) mass is 271 g/mol. The molecule has 0 aliphatic carbocycles. The molecule has 2 nitrogen and oxygen atoms in total. The minimum atomic E-state index is -0.307. The van der Waals surface area contributed by atoms with Crippen LogP contribution in [0, 0.1) is 6.92 Å². The zero-order chi connectivity index (χ0) is 13.4. The van der Waals surface area contributed by atoms with Gasteiger partial charge in [-0.1, -0.05) is 36.4 Å². The van der Waals surface area contributed by atoms with Crippen molar-refractivity contribution in [1.29, 1.82) is 0 Å². The Labute approximate surface area is 116 Å². The fourth-order valence-corrected chi connectivity index (χ4v) is 2.55. The highest BCUT2D eigenvalue weighted by molar-refractivity contribution is 6.28. The summed E-state index contributed by atoms with van der Waals surface area (Å²) >= 11 is 5.81. The van der Waals surface area contributed by atoms with Gasteiger partial charge < -0.3 is 10.2 Å². The van der Waals surface area contributed by atoms with Crippen LogP contribution < -0.4 is 5.73 Å². The molecule has 96 valence electrons. The summed E-state index contributed by atoms with van der Waals surface area (Å²) in [6, 6.07) is 15.6. The van der Waals surface area contributed by atoms with Crippen LogP contribution in [0.3, 0.4) is 0 Å². The summed E-state index contributed by atoms with van der Waals surface area (Å²) in [5.41, 5.74) is 8.58. The lowest BCUT2D eigenvalue weighted by atomic mass is 9.95. The average molecular weight is 272 g/mol. The lowest BCUT2D eigenvalue weighted by Crippen LogP contribution is -2.11. The number of rotatable bonds is 2. The zero-order valence-electron chi connectivity index (χ0n) is 10.6. The number of furan rings is 1. The van der Waals surface area contributed by atoms with Crippen molar-refractivity contribution in [3.63, 3.8) is 0 Å². The van der Waals surface area contributed by atoms with Crippen LogP contribution in [0.1, 0.15) is 22.9 Å². The van der Waals surface area contributed by atoms with Crippen molar-refractivity contribution in [2.24, 2.45) is 5.73 Å². The maximum atomic E-state index is 6.29. The van der Waals surface area contributed by atoms with Gasteiger partial charge in [-0.05, 0) is 52.6 Å². The predicted octanol–water partition coefficient (Wildman–Crippen LogP) is 4.44. The highest BCUT2D eigenvalue weighted by atomic mass is 35.5. The van der Waals surface area contributed by atoms with E-state index in [-0.39, 0.29) is 6.04 Å². The summed E-state index contributed by atoms with van der Waals surface area (Å²) in [7, 11) is 0. The van der Waals surface area contributed by atoms with E-state index < -0.39 is 0 Å². The van der Waals surface area contributed by atoms with Gasteiger partial charge >= 0.3 is 0 Å². The molecule has 0 spiro atoms. The van der Waals surface area contributed by atoms with Gasteiger partial charge in [0.1, 0.15) is 5.76 Å². The molecular formula is C16H14ClNO. The average Bonchev–Trinajstić information content (AvgIpc) is 2.86. The molecule has 1 unspecified atom stereocenters. The van der Waals surface area contributed by atoms with Crippen molar-refractivity contribution in [3.05, 3.63) is 70.6 Å². The van der Waals surface area contributed by atoms with Crippen molar-refractivity contribution in [2.45, 2.75) is 13.0 Å². The second-order valence-electron chi connectivity index (χ2n) is 4.64. The van der Waals surface area contributed by atoms with Gasteiger partial charge in [0.2, 0.25) is 0 Å². The van der Waals surface area contributed by atoms with Crippen LogP contribution in [0.25, 0.3) is 10.8 Å². The number of fused-ring (bicyclic) bond motifs is 1. The van der Waals surface area contributed by atoms with Crippen LogP contribution in [-0.4, -0.2) is 0 Å². The second-order valence-corrected chi connectivity index (χ2v) is 5.01. The van der Waals surface area contributed by atoms with E-state index in [1.807, 2.05) is 18.2 Å². The Bertz CT molecular complexity index is 732. The fraction of sp³-hybridized carbons (Fsp3) is 0.125. The highest BCUT2D eigenvalue weighted by Crippen LogP contribution is 2.30. The number of benzene rings is 2. The van der Waals surface area contributed by atoms with Gasteiger partial charge in [0.15, 0.2) is 5.22 Å². The van der Waals surface area contributed by atoms with E-state index in [4.69, 9.17) is 21.8 Å². The molecule has 0 saturated heterocycles. The molecule has 0 saturated carbocycles. The van der Waals surface area contributed by atoms with Crippen molar-refractivity contribution in [3.8, 4) is 0 Å². The molecule has 2 aromatic carbocycles. The van der Waals surface area contributed by atoms with Crippen molar-refractivity contribution in [1.82, 2.24) is 0 Å². The van der Waals surface area contributed by atoms with Crippen LogP contribution in [0.2, 0.25) is 5.22 Å². The maximum Gasteiger partial charge on any atom is 0.193 e. The van der Waals surface area contributed by atoms with Gasteiger partial charge in [0.25, 0.3) is 0 Å². The third-order valence-corrected chi connectivity index (χ3v) is 3.61. The Morgan fingerprint density at radius 2 is 1.74 bits per heavy atom. The van der Waals surface area contributed by atoms with E-state index in [9.17, 15) is 0 Å². The Balaban J connectivity index is 2.18. The number of nitrogens with two attached hydrogens (primary N) is 1. The maximum absolute atomic E-state index is 6.29. The van der Waals surface area contributed by atoms with Gasteiger partial charge in [-0.3, -0.25) is 0 Å². The molecule has 1 aromatic heterocycles. The predicted molar refractivity (Wildman–Crippen MR) is 78.4 cm³/mol. The Hall–Kier alpha value is -1.77. The quantitative estimate of drug-likeness (QED) is 0.748. The molecule has 3 rings (SSSR count). The zero-order valence-corrected chi connectivity index (χ0v) is 11.3. The van der Waals surface area contributed by atoms with Gasteiger partial charge in [0.05, 0.1) is 6.04 Å². The van der Waals surface area contributed by atoms with Crippen LogP contribution in [0.5, 0.6) is 0 Å². The molecule has 3 heteroatoms. The summed E-state index contributed by atoms with van der Waals surface area (Å²) in [4.78, 5) is 0. The van der Waals surface area contributed by atoms with E-state index >= 15 is 0 Å². The van der Waals surface area contributed by atoms with Crippen LogP contribution in [-0.2, 0) is 0 Å². The minimum absolute atomic E-state index is 0.307. The molecular weight excluding hydrogens is 258 g/mol. The van der Waals surface area contributed by atoms with Crippen LogP contribution >= 0.6 is 11.6 Å². The Morgan fingerprint density at radius 1 is 1.00 bits per heavy atom. The Morgan fingerprint density at radius 3 is 2.42 bits per heavy atom. The van der Waals surface area contributed by atoms with Crippen molar-refractivity contribution in [2.75, 3.05) is 0 Å². The van der Waals surface area contributed by atoms with E-state index in [0.29, 0.717) is 11.0 Å². The number of hydrogen-bond acceptors (Lipinski definition) is 2.